The van der Waals surface area contributed by atoms with Crippen molar-refractivity contribution in [3.05, 3.63) is 0 Å². The van der Waals surface area contributed by atoms with Gasteiger partial charge in [-0.05, 0) is 12.8 Å². The number of hydrogen-bond acceptors (Lipinski definition) is 5. The van der Waals surface area contributed by atoms with Gasteiger partial charge in [0.05, 0.1) is 18.6 Å². The molecule has 2 rings (SSSR count). The molecule has 0 aromatic rings. The number of urea groups is 1. The van der Waals surface area contributed by atoms with Crippen LogP contribution >= 0.6 is 11.8 Å². The Morgan fingerprint density at radius 1 is 1.43 bits per heavy atom. The van der Waals surface area contributed by atoms with Gasteiger partial charge >= 0.3 is 6.03 Å². The number of nitrogens with one attached hydrogen (secondary N) is 3. The third-order valence-electron chi connectivity index (χ3n) is 3.69. The molecule has 3 unspecified atom stereocenters. The fourth-order valence-electron chi connectivity index (χ4n) is 2.66. The van der Waals surface area contributed by atoms with Crippen molar-refractivity contribution in [2.75, 3.05) is 18.8 Å². The van der Waals surface area contributed by atoms with Crippen molar-refractivity contribution in [1.29, 1.82) is 0 Å². The molecule has 0 bridgehead atoms. The van der Waals surface area contributed by atoms with Crippen molar-refractivity contribution < 1.29 is 14.4 Å². The van der Waals surface area contributed by atoms with Gasteiger partial charge in [-0.15, -0.1) is 0 Å². The quantitative estimate of drug-likeness (QED) is 0.257. The van der Waals surface area contributed by atoms with Gasteiger partial charge in [0, 0.05) is 24.0 Å². The zero-order valence-electron chi connectivity index (χ0n) is 11.8. The van der Waals surface area contributed by atoms with E-state index in [1.807, 2.05) is 11.8 Å². The number of rotatable bonds is 8. The summed E-state index contributed by atoms with van der Waals surface area (Å²) in [6.45, 7) is 0.664. The molecule has 7 nitrogen and oxygen atoms in total. The van der Waals surface area contributed by atoms with E-state index in [1.54, 1.807) is 0 Å². The van der Waals surface area contributed by atoms with Gasteiger partial charge in [0.1, 0.15) is 0 Å². The molecule has 2 heterocycles. The normalized spacial score (nSPS) is 26.5. The molecule has 0 saturated carbocycles. The van der Waals surface area contributed by atoms with E-state index in [4.69, 9.17) is 0 Å². The van der Waals surface area contributed by atoms with Gasteiger partial charge in [-0.25, -0.2) is 14.6 Å². The van der Waals surface area contributed by atoms with Crippen LogP contribution < -0.4 is 16.0 Å². The Balaban J connectivity index is 1.54. The Morgan fingerprint density at radius 3 is 3.10 bits per heavy atom. The molecule has 2 fully saturated rings. The van der Waals surface area contributed by atoms with E-state index < -0.39 is 0 Å². The smallest absolute Gasteiger partial charge is 0.315 e. The van der Waals surface area contributed by atoms with Gasteiger partial charge < -0.3 is 16.0 Å². The summed E-state index contributed by atoms with van der Waals surface area (Å²) < 4.78 is 0. The van der Waals surface area contributed by atoms with Crippen molar-refractivity contribution in [3.63, 3.8) is 0 Å². The van der Waals surface area contributed by atoms with Crippen molar-refractivity contribution in [2.45, 2.75) is 43.0 Å². The van der Waals surface area contributed by atoms with Gasteiger partial charge in [0.15, 0.2) is 0 Å². The second-order valence-corrected chi connectivity index (χ2v) is 6.46. The largest absolute Gasteiger partial charge is 0.354 e. The lowest BCUT2D eigenvalue weighted by Gasteiger charge is -2.16. The molecule has 0 aromatic heterocycles. The monoisotopic (exact) mass is 312 g/mol. The van der Waals surface area contributed by atoms with Crippen molar-refractivity contribution in [3.8, 4) is 0 Å². The summed E-state index contributed by atoms with van der Waals surface area (Å²) in [5.74, 6) is 0.954. The molecule has 0 aliphatic carbocycles. The zero-order valence-corrected chi connectivity index (χ0v) is 12.6. The van der Waals surface area contributed by atoms with E-state index in [0.717, 1.165) is 25.0 Å². The summed E-state index contributed by atoms with van der Waals surface area (Å²) in [5.41, 5.74) is 0. The first kappa shape index (κ1) is 15.9. The van der Waals surface area contributed by atoms with Gasteiger partial charge in [0.25, 0.3) is 0 Å². The second kappa shape index (κ2) is 8.05. The Kier molecular flexibility index (Phi) is 6.07. The summed E-state index contributed by atoms with van der Waals surface area (Å²) in [6, 6.07) is 0.430. The maximum atomic E-state index is 11.5. The number of thioether (sulfide) groups is 1. The van der Waals surface area contributed by atoms with Crippen LogP contribution in [0, 0.1) is 0 Å². The topological polar surface area (TPSA) is 99.7 Å². The van der Waals surface area contributed by atoms with Crippen LogP contribution in [0.5, 0.6) is 0 Å². The molecular formula is C13H20N4O3S. The van der Waals surface area contributed by atoms with Crippen LogP contribution in [0.2, 0.25) is 0 Å². The van der Waals surface area contributed by atoms with Crippen molar-refractivity contribution in [1.82, 2.24) is 16.0 Å². The van der Waals surface area contributed by atoms with Crippen molar-refractivity contribution in [2.24, 2.45) is 4.99 Å². The highest BCUT2D eigenvalue weighted by molar-refractivity contribution is 8.00. The average Bonchev–Trinajstić information content (AvgIpc) is 2.99. The van der Waals surface area contributed by atoms with E-state index >= 15 is 0 Å². The third-order valence-corrected chi connectivity index (χ3v) is 5.20. The van der Waals surface area contributed by atoms with Gasteiger partial charge in [-0.2, -0.15) is 11.8 Å². The van der Waals surface area contributed by atoms with E-state index in [9.17, 15) is 14.4 Å². The highest BCUT2D eigenvalue weighted by atomic mass is 32.2. The molecule has 3 atom stereocenters. The molecule has 3 N–H and O–H groups in total. The highest BCUT2D eigenvalue weighted by Gasteiger charge is 2.42. The summed E-state index contributed by atoms with van der Waals surface area (Å²) >= 11 is 1.89. The van der Waals surface area contributed by atoms with Crippen LogP contribution in [0.1, 0.15) is 25.7 Å². The highest BCUT2D eigenvalue weighted by Crippen LogP contribution is 2.33. The average molecular weight is 312 g/mol. The lowest BCUT2D eigenvalue weighted by atomic mass is 10.0. The Bertz CT molecular complexity index is 439. The van der Waals surface area contributed by atoms with Crippen LogP contribution in [0.15, 0.2) is 4.99 Å². The number of hydrogen-bond donors (Lipinski definition) is 3. The summed E-state index contributed by atoms with van der Waals surface area (Å²) in [7, 11) is 0. The Hall–Kier alpha value is -1.53. The van der Waals surface area contributed by atoms with E-state index in [0.29, 0.717) is 18.2 Å². The molecular weight excluding hydrogens is 292 g/mol. The minimum Gasteiger partial charge on any atom is -0.354 e. The van der Waals surface area contributed by atoms with E-state index in [2.05, 4.69) is 20.9 Å². The Morgan fingerprint density at radius 2 is 2.29 bits per heavy atom. The van der Waals surface area contributed by atoms with Gasteiger partial charge in [-0.1, -0.05) is 6.42 Å². The molecule has 0 radical (unpaired) electrons. The molecule has 2 aliphatic rings. The molecule has 8 heteroatoms. The number of carbonyl (C=O) groups excluding carboxylic acids is 3. The third kappa shape index (κ3) is 4.75. The number of aliphatic imine (C=N–C) groups is 1. The number of amides is 3. The summed E-state index contributed by atoms with van der Waals surface area (Å²) in [6.07, 6.45) is 4.73. The minimum atomic E-state index is -0.0624. The summed E-state index contributed by atoms with van der Waals surface area (Å²) in [5, 5.41) is 9.03. The summed E-state index contributed by atoms with van der Waals surface area (Å²) in [4.78, 5) is 36.0. The molecule has 21 heavy (non-hydrogen) atoms. The van der Waals surface area contributed by atoms with Crippen LogP contribution in [0.3, 0.4) is 0 Å². The number of carbonyl (C=O) groups is 2. The maximum Gasteiger partial charge on any atom is 0.315 e. The van der Waals surface area contributed by atoms with Gasteiger partial charge in [0.2, 0.25) is 12.0 Å². The van der Waals surface area contributed by atoms with Gasteiger partial charge in [-0.3, -0.25) is 4.79 Å². The molecule has 3 amide bonds. The van der Waals surface area contributed by atoms with Crippen LogP contribution in [-0.2, 0) is 9.59 Å². The first-order valence-corrected chi connectivity index (χ1v) is 8.24. The maximum absolute atomic E-state index is 11.5. The zero-order chi connectivity index (χ0) is 15.1. The SMILES string of the molecule is O=C=NCCNC(=O)CCCCC1SCC2NC(=O)NC21. The first-order chi connectivity index (χ1) is 10.2. The second-order valence-electron chi connectivity index (χ2n) is 5.19. The standard InChI is InChI=1S/C13H20N4O3S/c18-8-14-5-6-15-11(19)4-2-1-3-10-12-9(7-21-10)16-13(20)17-12/h9-10,12H,1-7H2,(H,15,19)(H2,16,17,20). The fraction of sp³-hybridized carbons (Fsp3) is 0.769. The lowest BCUT2D eigenvalue weighted by molar-refractivity contribution is -0.121. The predicted octanol–water partition coefficient (Wildman–Crippen LogP) is 0.164. The number of nitrogens with zero attached hydrogens (tertiary/aromatic N) is 1. The lowest BCUT2D eigenvalue weighted by Crippen LogP contribution is -2.36. The van der Waals surface area contributed by atoms with Crippen LogP contribution in [0.25, 0.3) is 0 Å². The number of fused-ring (bicyclic) bond motifs is 1. The first-order valence-electron chi connectivity index (χ1n) is 7.19. The molecule has 0 aromatic carbocycles. The van der Waals surface area contributed by atoms with Crippen LogP contribution in [-0.4, -0.2) is 54.2 Å². The van der Waals surface area contributed by atoms with E-state index in [1.165, 1.54) is 6.08 Å². The van der Waals surface area contributed by atoms with E-state index in [-0.39, 0.29) is 30.6 Å². The number of unbranched alkanes of at least 4 members (excludes halogenated alkanes) is 1. The number of isocyanates is 1. The molecule has 2 saturated heterocycles. The molecule has 0 spiro atoms. The molecule has 2 aliphatic heterocycles. The Labute approximate surface area is 127 Å². The van der Waals surface area contributed by atoms with Crippen molar-refractivity contribution >= 4 is 29.8 Å². The van der Waals surface area contributed by atoms with Crippen LogP contribution in [0.4, 0.5) is 4.79 Å². The molecule has 116 valence electrons. The fourth-order valence-corrected chi connectivity index (χ4v) is 4.20. The minimum absolute atomic E-state index is 0.0103. The predicted molar refractivity (Wildman–Crippen MR) is 80.0 cm³/mol.